The van der Waals surface area contributed by atoms with E-state index >= 15 is 0 Å². The second-order valence-electron chi connectivity index (χ2n) is 8.14. The fourth-order valence-corrected chi connectivity index (χ4v) is 4.12. The molecule has 0 atom stereocenters. The number of ether oxygens (including phenoxy) is 2. The average molecular weight is 468 g/mol. The van der Waals surface area contributed by atoms with Crippen molar-refractivity contribution in [1.29, 1.82) is 0 Å². The molecule has 0 spiro atoms. The van der Waals surface area contributed by atoms with Gasteiger partial charge in [-0.25, -0.2) is 9.79 Å². The molecule has 8 heteroatoms. The predicted molar refractivity (Wildman–Crippen MR) is 135 cm³/mol. The SMILES string of the molecule is C=C/C(=C1/N=C(N2CCN(C(=O)OC3CCOCC3)CC2)C=CN1C)c1cccnc1C.CC. The number of hydrogen-bond donors (Lipinski definition) is 0. The van der Waals surface area contributed by atoms with Gasteiger partial charge in [0.2, 0.25) is 0 Å². The highest BCUT2D eigenvalue weighted by atomic mass is 16.6. The maximum Gasteiger partial charge on any atom is 0.410 e. The minimum atomic E-state index is -0.223. The van der Waals surface area contributed by atoms with Gasteiger partial charge in [-0.15, -0.1) is 0 Å². The summed E-state index contributed by atoms with van der Waals surface area (Å²) in [6.45, 7) is 14.0. The molecule has 0 saturated carbocycles. The molecule has 184 valence electrons. The molecule has 3 aliphatic rings. The Balaban J connectivity index is 0.00000158. The van der Waals surface area contributed by atoms with Crippen molar-refractivity contribution in [3.05, 3.63) is 60.3 Å². The monoisotopic (exact) mass is 467 g/mol. The Kier molecular flexibility index (Phi) is 9.27. The highest BCUT2D eigenvalue weighted by Gasteiger charge is 2.27. The lowest BCUT2D eigenvalue weighted by Gasteiger charge is -2.37. The molecule has 2 fully saturated rings. The van der Waals surface area contributed by atoms with Gasteiger partial charge in [0, 0.05) is 75.3 Å². The van der Waals surface area contributed by atoms with Crippen LogP contribution in [0.3, 0.4) is 0 Å². The van der Waals surface area contributed by atoms with Crippen molar-refractivity contribution in [2.45, 2.75) is 39.7 Å². The third kappa shape index (κ3) is 6.05. The number of aromatic nitrogens is 1. The number of amides is 1. The highest BCUT2D eigenvalue weighted by Crippen LogP contribution is 2.27. The summed E-state index contributed by atoms with van der Waals surface area (Å²) in [6.07, 6.45) is 8.94. The summed E-state index contributed by atoms with van der Waals surface area (Å²) in [6, 6.07) is 3.96. The second kappa shape index (κ2) is 12.4. The molecular formula is C26H37N5O3. The van der Waals surface area contributed by atoms with Gasteiger partial charge in [-0.05, 0) is 19.1 Å². The van der Waals surface area contributed by atoms with E-state index in [4.69, 9.17) is 14.5 Å². The second-order valence-corrected chi connectivity index (χ2v) is 8.14. The van der Waals surface area contributed by atoms with Gasteiger partial charge in [0.05, 0.1) is 13.2 Å². The quantitative estimate of drug-likeness (QED) is 0.668. The molecule has 0 bridgehead atoms. The zero-order valence-electron chi connectivity index (χ0n) is 20.9. The summed E-state index contributed by atoms with van der Waals surface area (Å²) in [7, 11) is 1.98. The molecule has 4 heterocycles. The Morgan fingerprint density at radius 3 is 2.56 bits per heavy atom. The predicted octanol–water partition coefficient (Wildman–Crippen LogP) is 4.06. The summed E-state index contributed by atoms with van der Waals surface area (Å²) >= 11 is 0. The van der Waals surface area contributed by atoms with Gasteiger partial charge < -0.3 is 24.2 Å². The molecule has 0 aromatic carbocycles. The van der Waals surface area contributed by atoms with E-state index in [1.54, 1.807) is 11.1 Å². The largest absolute Gasteiger partial charge is 0.446 e. The number of pyridine rings is 1. The van der Waals surface area contributed by atoms with Crippen LogP contribution in [0.1, 0.15) is 37.9 Å². The summed E-state index contributed by atoms with van der Waals surface area (Å²) in [4.78, 5) is 27.9. The number of nitrogens with zero attached hydrogens (tertiary/aromatic N) is 5. The first-order valence-corrected chi connectivity index (χ1v) is 12.1. The summed E-state index contributed by atoms with van der Waals surface area (Å²) in [5.41, 5.74) is 2.90. The minimum Gasteiger partial charge on any atom is -0.446 e. The molecule has 3 aliphatic heterocycles. The first kappa shape index (κ1) is 25.5. The number of aliphatic imine (C=N–C) groups is 1. The highest BCUT2D eigenvalue weighted by molar-refractivity contribution is 5.96. The number of carbonyl (C=O) groups excluding carboxylic acids is 1. The van der Waals surface area contributed by atoms with Gasteiger partial charge in [0.15, 0.2) is 0 Å². The average Bonchev–Trinajstić information content (AvgIpc) is 2.88. The Morgan fingerprint density at radius 1 is 1.21 bits per heavy atom. The van der Waals surface area contributed by atoms with Crippen LogP contribution in [-0.2, 0) is 9.47 Å². The van der Waals surface area contributed by atoms with Gasteiger partial charge in [-0.1, -0.05) is 32.6 Å². The van der Waals surface area contributed by atoms with Crippen LogP contribution in [0.2, 0.25) is 0 Å². The molecule has 8 nitrogen and oxygen atoms in total. The maximum atomic E-state index is 12.5. The van der Waals surface area contributed by atoms with Crippen LogP contribution < -0.4 is 0 Å². The van der Waals surface area contributed by atoms with E-state index in [1.165, 1.54) is 0 Å². The van der Waals surface area contributed by atoms with Crippen molar-refractivity contribution < 1.29 is 14.3 Å². The third-order valence-corrected chi connectivity index (χ3v) is 6.04. The molecule has 0 N–H and O–H groups in total. The Bertz CT molecular complexity index is 942. The first-order valence-electron chi connectivity index (χ1n) is 12.1. The lowest BCUT2D eigenvalue weighted by Crippen LogP contribution is -2.51. The number of carbonyl (C=O) groups is 1. The summed E-state index contributed by atoms with van der Waals surface area (Å²) in [5, 5.41) is 0. The molecule has 34 heavy (non-hydrogen) atoms. The van der Waals surface area contributed by atoms with E-state index in [0.29, 0.717) is 39.4 Å². The van der Waals surface area contributed by atoms with E-state index in [1.807, 2.05) is 63.2 Å². The molecule has 1 amide bonds. The van der Waals surface area contributed by atoms with Crippen LogP contribution in [0.15, 0.2) is 54.1 Å². The molecule has 0 aliphatic carbocycles. The summed E-state index contributed by atoms with van der Waals surface area (Å²) < 4.78 is 11.0. The smallest absolute Gasteiger partial charge is 0.410 e. The number of piperazine rings is 1. The molecular weight excluding hydrogens is 430 g/mol. The van der Waals surface area contributed by atoms with Crippen LogP contribution in [-0.4, -0.2) is 84.2 Å². The van der Waals surface area contributed by atoms with Crippen LogP contribution >= 0.6 is 0 Å². The van der Waals surface area contributed by atoms with Gasteiger partial charge in [-0.3, -0.25) is 4.98 Å². The molecule has 0 radical (unpaired) electrons. The number of amidine groups is 1. The van der Waals surface area contributed by atoms with Crippen LogP contribution in [0.4, 0.5) is 4.79 Å². The van der Waals surface area contributed by atoms with E-state index in [2.05, 4.69) is 16.5 Å². The first-order chi connectivity index (χ1) is 16.6. The van der Waals surface area contributed by atoms with Crippen molar-refractivity contribution in [2.75, 3.05) is 46.4 Å². The number of hydrogen-bond acceptors (Lipinski definition) is 7. The van der Waals surface area contributed by atoms with E-state index in [-0.39, 0.29) is 12.2 Å². The molecule has 1 aromatic rings. The normalized spacial score (nSPS) is 20.2. The Hall–Kier alpha value is -3.13. The number of allylic oxidation sites excluding steroid dienone is 2. The van der Waals surface area contributed by atoms with Crippen molar-refractivity contribution in [3.63, 3.8) is 0 Å². The Morgan fingerprint density at radius 2 is 1.91 bits per heavy atom. The molecule has 4 rings (SSSR count). The van der Waals surface area contributed by atoms with Crippen molar-refractivity contribution in [3.8, 4) is 0 Å². The number of rotatable bonds is 3. The van der Waals surface area contributed by atoms with Crippen molar-refractivity contribution in [1.82, 2.24) is 19.7 Å². The zero-order valence-corrected chi connectivity index (χ0v) is 20.9. The third-order valence-electron chi connectivity index (χ3n) is 6.04. The molecule has 0 unspecified atom stereocenters. The van der Waals surface area contributed by atoms with Gasteiger partial charge >= 0.3 is 6.09 Å². The lowest BCUT2D eigenvalue weighted by atomic mass is 10.0. The topological polar surface area (TPSA) is 70.5 Å². The Labute approximate surface area is 203 Å². The zero-order chi connectivity index (χ0) is 24.5. The van der Waals surface area contributed by atoms with Crippen LogP contribution in [0.5, 0.6) is 0 Å². The fraction of sp³-hybridized carbons (Fsp3) is 0.500. The summed E-state index contributed by atoms with van der Waals surface area (Å²) in [5.74, 6) is 1.71. The standard InChI is InChI=1S/C24H31N5O3.C2H6/c1-4-20(21-6-5-10-25-18(21)2)23-26-22(7-11-27(23)3)28-12-14-29(15-13-28)24(30)32-19-8-16-31-17-9-19;1-2/h4-7,10-11,19H,1,8-9,12-17H2,2-3H3;1-2H3/b23-20+;. The van der Waals surface area contributed by atoms with E-state index in [0.717, 1.165) is 41.3 Å². The fourth-order valence-electron chi connectivity index (χ4n) is 4.12. The van der Waals surface area contributed by atoms with E-state index < -0.39 is 0 Å². The maximum absolute atomic E-state index is 12.5. The van der Waals surface area contributed by atoms with Gasteiger partial charge in [0.25, 0.3) is 0 Å². The van der Waals surface area contributed by atoms with Gasteiger partial charge in [-0.2, -0.15) is 0 Å². The van der Waals surface area contributed by atoms with E-state index in [9.17, 15) is 4.79 Å². The van der Waals surface area contributed by atoms with Crippen LogP contribution in [0.25, 0.3) is 5.57 Å². The lowest BCUT2D eigenvalue weighted by molar-refractivity contribution is -0.0128. The minimum absolute atomic E-state index is 0.0311. The molecule has 2 saturated heterocycles. The van der Waals surface area contributed by atoms with Crippen LogP contribution in [0, 0.1) is 6.92 Å². The van der Waals surface area contributed by atoms with Crippen molar-refractivity contribution in [2.24, 2.45) is 4.99 Å². The van der Waals surface area contributed by atoms with Crippen molar-refractivity contribution >= 4 is 17.5 Å². The molecule has 1 aromatic heterocycles. The van der Waals surface area contributed by atoms with Gasteiger partial charge in [0.1, 0.15) is 17.8 Å². The number of aryl methyl sites for hydroxylation is 1.